The molecular formula is C13H17NO. The van der Waals surface area contributed by atoms with E-state index in [0.29, 0.717) is 6.42 Å². The molecule has 80 valence electrons. The van der Waals surface area contributed by atoms with Gasteiger partial charge in [0.05, 0.1) is 0 Å². The normalized spacial score (nSPS) is 9.53. The lowest BCUT2D eigenvalue weighted by Crippen LogP contribution is -1.94. The number of hydrogen-bond donors (Lipinski definition) is 1. The number of ketones is 1. The van der Waals surface area contributed by atoms with Crippen molar-refractivity contribution < 1.29 is 4.79 Å². The summed E-state index contributed by atoms with van der Waals surface area (Å²) in [5.74, 6) is 0.199. The highest BCUT2D eigenvalue weighted by atomic mass is 16.1. The second-order valence-electron chi connectivity index (χ2n) is 3.24. The van der Waals surface area contributed by atoms with Crippen molar-refractivity contribution in [3.63, 3.8) is 0 Å². The fraction of sp³-hybridized carbons (Fsp3) is 0.308. The van der Waals surface area contributed by atoms with E-state index in [9.17, 15) is 4.79 Å². The molecule has 15 heavy (non-hydrogen) atoms. The number of Topliss-reactive ketones (excluding diaryl/α,β-unsaturated/α-hetero) is 1. The van der Waals surface area contributed by atoms with Crippen LogP contribution in [-0.2, 0) is 11.2 Å². The fourth-order valence-electron chi connectivity index (χ4n) is 1.55. The van der Waals surface area contributed by atoms with Gasteiger partial charge in [-0.15, -0.1) is 0 Å². The first-order valence-electron chi connectivity index (χ1n) is 5.32. The molecule has 1 aromatic heterocycles. The standard InChI is InChI=1S/C11H11NO.C2H6/c1-8(13)6-9-7-12-11-5-3-2-4-10(9)11;1-2/h2-5,7,12H,6H2,1H3;1-2H3. The Morgan fingerprint density at radius 2 is 1.93 bits per heavy atom. The van der Waals surface area contributed by atoms with Crippen molar-refractivity contribution >= 4 is 16.7 Å². The van der Waals surface area contributed by atoms with Crippen molar-refractivity contribution in [3.8, 4) is 0 Å². The molecule has 2 rings (SSSR count). The van der Waals surface area contributed by atoms with Crippen LogP contribution < -0.4 is 0 Å². The molecule has 0 aliphatic rings. The minimum absolute atomic E-state index is 0.199. The van der Waals surface area contributed by atoms with E-state index in [1.807, 2.05) is 44.3 Å². The van der Waals surface area contributed by atoms with Crippen LogP contribution in [0.2, 0.25) is 0 Å². The van der Waals surface area contributed by atoms with Crippen LogP contribution >= 0.6 is 0 Å². The largest absolute Gasteiger partial charge is 0.361 e. The molecule has 2 nitrogen and oxygen atoms in total. The Hall–Kier alpha value is -1.57. The molecule has 0 atom stereocenters. The Morgan fingerprint density at radius 1 is 1.27 bits per heavy atom. The summed E-state index contributed by atoms with van der Waals surface area (Å²) in [7, 11) is 0. The van der Waals surface area contributed by atoms with Gasteiger partial charge in [-0.1, -0.05) is 32.0 Å². The molecule has 0 aliphatic carbocycles. The molecule has 0 saturated heterocycles. The van der Waals surface area contributed by atoms with E-state index in [4.69, 9.17) is 0 Å². The van der Waals surface area contributed by atoms with E-state index in [2.05, 4.69) is 4.98 Å². The van der Waals surface area contributed by atoms with Crippen molar-refractivity contribution in [2.45, 2.75) is 27.2 Å². The van der Waals surface area contributed by atoms with Gasteiger partial charge in [0.1, 0.15) is 5.78 Å². The van der Waals surface area contributed by atoms with Crippen LogP contribution in [0.25, 0.3) is 10.9 Å². The highest BCUT2D eigenvalue weighted by Gasteiger charge is 2.03. The highest BCUT2D eigenvalue weighted by molar-refractivity contribution is 5.88. The van der Waals surface area contributed by atoms with E-state index in [1.54, 1.807) is 6.92 Å². The molecule has 1 aromatic carbocycles. The number of fused-ring (bicyclic) bond motifs is 1. The van der Waals surface area contributed by atoms with Crippen molar-refractivity contribution in [3.05, 3.63) is 36.0 Å². The molecule has 2 aromatic rings. The van der Waals surface area contributed by atoms with Gasteiger partial charge in [-0.3, -0.25) is 4.79 Å². The van der Waals surface area contributed by atoms with Gasteiger partial charge in [0.2, 0.25) is 0 Å². The van der Waals surface area contributed by atoms with Crippen molar-refractivity contribution in [2.75, 3.05) is 0 Å². The molecule has 0 bridgehead atoms. The van der Waals surface area contributed by atoms with E-state index in [-0.39, 0.29) is 5.78 Å². The topological polar surface area (TPSA) is 32.9 Å². The second kappa shape index (κ2) is 5.35. The Labute approximate surface area is 90.3 Å². The molecule has 0 saturated carbocycles. The van der Waals surface area contributed by atoms with Crippen LogP contribution in [0.1, 0.15) is 26.3 Å². The van der Waals surface area contributed by atoms with Crippen LogP contribution in [0.4, 0.5) is 0 Å². The molecular weight excluding hydrogens is 186 g/mol. The predicted molar refractivity (Wildman–Crippen MR) is 64.0 cm³/mol. The first-order valence-corrected chi connectivity index (χ1v) is 5.32. The number of carbonyl (C=O) groups excluding carboxylic acids is 1. The van der Waals surface area contributed by atoms with Gasteiger partial charge in [-0.25, -0.2) is 0 Å². The average Bonchev–Trinajstić information content (AvgIpc) is 2.64. The van der Waals surface area contributed by atoms with Crippen molar-refractivity contribution in [1.82, 2.24) is 4.98 Å². The molecule has 0 amide bonds. The summed E-state index contributed by atoms with van der Waals surface area (Å²) < 4.78 is 0. The third kappa shape index (κ3) is 2.69. The van der Waals surface area contributed by atoms with Gasteiger partial charge in [0.15, 0.2) is 0 Å². The monoisotopic (exact) mass is 203 g/mol. The molecule has 1 heterocycles. The lowest BCUT2D eigenvalue weighted by molar-refractivity contribution is -0.116. The molecule has 0 radical (unpaired) electrons. The number of aromatic amines is 1. The fourth-order valence-corrected chi connectivity index (χ4v) is 1.55. The number of aromatic nitrogens is 1. The summed E-state index contributed by atoms with van der Waals surface area (Å²) in [5.41, 5.74) is 2.18. The van der Waals surface area contributed by atoms with Gasteiger partial charge in [-0.2, -0.15) is 0 Å². The van der Waals surface area contributed by atoms with Gasteiger partial charge in [0, 0.05) is 23.5 Å². The molecule has 0 fully saturated rings. The summed E-state index contributed by atoms with van der Waals surface area (Å²) in [6.45, 7) is 5.61. The zero-order valence-corrected chi connectivity index (χ0v) is 9.50. The maximum Gasteiger partial charge on any atom is 0.134 e. The Kier molecular flexibility index (Phi) is 4.10. The zero-order chi connectivity index (χ0) is 11.3. The Morgan fingerprint density at radius 3 is 2.60 bits per heavy atom. The van der Waals surface area contributed by atoms with Crippen LogP contribution in [0.5, 0.6) is 0 Å². The Bertz CT molecular complexity index is 442. The van der Waals surface area contributed by atoms with Crippen LogP contribution in [0.3, 0.4) is 0 Å². The van der Waals surface area contributed by atoms with Crippen LogP contribution in [0.15, 0.2) is 30.5 Å². The van der Waals surface area contributed by atoms with E-state index >= 15 is 0 Å². The zero-order valence-electron chi connectivity index (χ0n) is 9.50. The van der Waals surface area contributed by atoms with Crippen molar-refractivity contribution in [2.24, 2.45) is 0 Å². The van der Waals surface area contributed by atoms with E-state index in [0.717, 1.165) is 16.5 Å². The number of carbonyl (C=O) groups is 1. The van der Waals surface area contributed by atoms with Gasteiger partial charge >= 0.3 is 0 Å². The lowest BCUT2D eigenvalue weighted by Gasteiger charge is -1.93. The highest BCUT2D eigenvalue weighted by Crippen LogP contribution is 2.17. The molecule has 0 aliphatic heterocycles. The average molecular weight is 203 g/mol. The summed E-state index contributed by atoms with van der Waals surface area (Å²) in [4.78, 5) is 14.1. The summed E-state index contributed by atoms with van der Waals surface area (Å²) >= 11 is 0. The predicted octanol–water partition coefficient (Wildman–Crippen LogP) is 3.33. The third-order valence-corrected chi connectivity index (χ3v) is 2.11. The number of hydrogen-bond acceptors (Lipinski definition) is 1. The SMILES string of the molecule is CC.CC(=O)Cc1c[nH]c2ccccc12. The van der Waals surface area contributed by atoms with E-state index < -0.39 is 0 Å². The lowest BCUT2D eigenvalue weighted by atomic mass is 10.1. The van der Waals surface area contributed by atoms with Crippen molar-refractivity contribution in [1.29, 1.82) is 0 Å². The quantitative estimate of drug-likeness (QED) is 0.797. The number of para-hydroxylation sites is 1. The maximum atomic E-state index is 10.9. The minimum Gasteiger partial charge on any atom is -0.361 e. The minimum atomic E-state index is 0.199. The molecule has 2 heteroatoms. The van der Waals surface area contributed by atoms with E-state index in [1.165, 1.54) is 0 Å². The van der Waals surface area contributed by atoms with Gasteiger partial charge in [0.25, 0.3) is 0 Å². The smallest absolute Gasteiger partial charge is 0.134 e. The number of benzene rings is 1. The number of H-pyrrole nitrogens is 1. The molecule has 0 spiro atoms. The van der Waals surface area contributed by atoms with Gasteiger partial charge < -0.3 is 4.98 Å². The third-order valence-electron chi connectivity index (χ3n) is 2.11. The first-order chi connectivity index (χ1) is 7.27. The summed E-state index contributed by atoms with van der Waals surface area (Å²) in [6.07, 6.45) is 2.43. The first kappa shape index (κ1) is 11.5. The van der Waals surface area contributed by atoms with Crippen LogP contribution in [0, 0.1) is 0 Å². The maximum absolute atomic E-state index is 10.9. The summed E-state index contributed by atoms with van der Waals surface area (Å²) in [5, 5.41) is 1.15. The molecule has 0 unspecified atom stereocenters. The van der Waals surface area contributed by atoms with Gasteiger partial charge in [-0.05, 0) is 18.6 Å². The number of nitrogens with one attached hydrogen (secondary N) is 1. The molecule has 1 N–H and O–H groups in total. The number of rotatable bonds is 2. The summed E-state index contributed by atoms with van der Waals surface area (Å²) in [6, 6.07) is 8.01. The second-order valence-corrected chi connectivity index (χ2v) is 3.24. The van der Waals surface area contributed by atoms with Crippen LogP contribution in [-0.4, -0.2) is 10.8 Å². The Balaban J connectivity index is 0.000000531.